The molecule has 0 unspecified atom stereocenters. The lowest BCUT2D eigenvalue weighted by Crippen LogP contribution is -2.27. The standard InChI is InChI=1S/C28H30ClFN6O/c1-16(2)15-37-24-6-4-5-22(29)25(24)21-11-18-13-32-28(31)35-26(18)34-27(21)36-10-9-20(14-36)33-23-12-19(30)8-7-17(23)3/h4-8,11-13,16,20,33H,9-10,14-15H2,1-3H3,(H2,31,32,34,35)/t20-/m0/s1. The number of halogens is 2. The van der Waals surface area contributed by atoms with Crippen molar-refractivity contribution in [2.45, 2.75) is 33.2 Å². The van der Waals surface area contributed by atoms with Gasteiger partial charge in [0, 0.05) is 47.5 Å². The number of nitrogens with two attached hydrogens (primary N) is 1. The van der Waals surface area contributed by atoms with Crippen LogP contribution in [0.25, 0.3) is 22.2 Å². The van der Waals surface area contributed by atoms with Gasteiger partial charge in [-0.3, -0.25) is 0 Å². The Balaban J connectivity index is 1.55. The summed E-state index contributed by atoms with van der Waals surface area (Å²) in [6, 6.07) is 12.6. The number of fused-ring (bicyclic) bond motifs is 1. The highest BCUT2D eigenvalue weighted by Gasteiger charge is 2.28. The summed E-state index contributed by atoms with van der Waals surface area (Å²) in [5.41, 5.74) is 9.81. The van der Waals surface area contributed by atoms with Crippen molar-refractivity contribution < 1.29 is 9.13 Å². The summed E-state index contributed by atoms with van der Waals surface area (Å²) >= 11 is 6.78. The number of rotatable bonds is 7. The lowest BCUT2D eigenvalue weighted by atomic mass is 10.0. The molecule has 192 valence electrons. The Bertz CT molecular complexity index is 1450. The maximum absolute atomic E-state index is 13.9. The van der Waals surface area contributed by atoms with Gasteiger partial charge in [-0.1, -0.05) is 37.6 Å². The third-order valence-corrected chi connectivity index (χ3v) is 6.75. The van der Waals surface area contributed by atoms with Crippen molar-refractivity contribution in [2.24, 2.45) is 5.92 Å². The molecule has 3 N–H and O–H groups in total. The van der Waals surface area contributed by atoms with E-state index in [1.807, 2.05) is 31.2 Å². The molecule has 9 heteroatoms. The van der Waals surface area contributed by atoms with Crippen LogP contribution in [0.1, 0.15) is 25.8 Å². The van der Waals surface area contributed by atoms with Crippen molar-refractivity contribution >= 4 is 40.1 Å². The number of pyridine rings is 1. The molecule has 1 aliphatic rings. The summed E-state index contributed by atoms with van der Waals surface area (Å²) in [4.78, 5) is 15.7. The van der Waals surface area contributed by atoms with Crippen LogP contribution in [-0.2, 0) is 0 Å². The lowest BCUT2D eigenvalue weighted by molar-refractivity contribution is 0.272. The average molecular weight is 521 g/mol. The summed E-state index contributed by atoms with van der Waals surface area (Å²) in [5, 5.41) is 4.83. The largest absolute Gasteiger partial charge is 0.493 e. The molecular weight excluding hydrogens is 491 g/mol. The number of aromatic nitrogens is 3. The molecule has 1 atom stereocenters. The zero-order valence-electron chi connectivity index (χ0n) is 21.1. The van der Waals surface area contributed by atoms with E-state index in [2.05, 4.69) is 34.0 Å². The first-order chi connectivity index (χ1) is 17.8. The normalized spacial score (nSPS) is 15.5. The second-order valence-electron chi connectivity index (χ2n) is 9.85. The van der Waals surface area contributed by atoms with E-state index in [0.717, 1.165) is 46.5 Å². The van der Waals surface area contributed by atoms with Crippen LogP contribution in [0, 0.1) is 18.7 Å². The molecule has 0 aliphatic carbocycles. The van der Waals surface area contributed by atoms with E-state index >= 15 is 0 Å². The summed E-state index contributed by atoms with van der Waals surface area (Å²) in [6.45, 7) is 8.17. The molecule has 2 aromatic heterocycles. The lowest BCUT2D eigenvalue weighted by Gasteiger charge is -2.24. The minimum Gasteiger partial charge on any atom is -0.493 e. The molecule has 3 heterocycles. The molecular formula is C28H30ClFN6O. The molecule has 7 nitrogen and oxygen atoms in total. The predicted molar refractivity (Wildman–Crippen MR) is 148 cm³/mol. The number of anilines is 3. The number of hydrogen-bond acceptors (Lipinski definition) is 7. The number of nitrogens with zero attached hydrogens (tertiary/aromatic N) is 4. The zero-order chi connectivity index (χ0) is 26.1. The molecule has 37 heavy (non-hydrogen) atoms. The van der Waals surface area contributed by atoms with Gasteiger partial charge >= 0.3 is 0 Å². The van der Waals surface area contributed by atoms with Gasteiger partial charge < -0.3 is 20.7 Å². The Morgan fingerprint density at radius 2 is 2.05 bits per heavy atom. The summed E-state index contributed by atoms with van der Waals surface area (Å²) < 4.78 is 20.0. The zero-order valence-corrected chi connectivity index (χ0v) is 21.9. The summed E-state index contributed by atoms with van der Waals surface area (Å²) in [7, 11) is 0. The van der Waals surface area contributed by atoms with E-state index < -0.39 is 0 Å². The Morgan fingerprint density at radius 3 is 2.86 bits per heavy atom. The third kappa shape index (κ3) is 5.39. The SMILES string of the molecule is Cc1ccc(F)cc1N[C@H]1CCN(c2nc3nc(N)ncc3cc2-c2c(Cl)cccc2OCC(C)C)C1. The maximum Gasteiger partial charge on any atom is 0.222 e. The van der Waals surface area contributed by atoms with Gasteiger partial charge in [0.2, 0.25) is 5.95 Å². The van der Waals surface area contributed by atoms with Crippen LogP contribution in [0.5, 0.6) is 5.75 Å². The highest BCUT2D eigenvalue weighted by molar-refractivity contribution is 6.34. The molecule has 0 bridgehead atoms. The first-order valence-electron chi connectivity index (χ1n) is 12.4. The van der Waals surface area contributed by atoms with Crippen molar-refractivity contribution in [3.05, 3.63) is 65.1 Å². The monoisotopic (exact) mass is 520 g/mol. The number of ether oxygens (including phenoxy) is 1. The highest BCUT2D eigenvalue weighted by Crippen LogP contribution is 2.43. The van der Waals surface area contributed by atoms with E-state index in [1.165, 1.54) is 6.07 Å². The first-order valence-corrected chi connectivity index (χ1v) is 12.8. The van der Waals surface area contributed by atoms with E-state index in [4.69, 9.17) is 27.1 Å². The second-order valence-corrected chi connectivity index (χ2v) is 10.3. The Labute approximate surface area is 220 Å². The van der Waals surface area contributed by atoms with Crippen molar-refractivity contribution in [2.75, 3.05) is 35.6 Å². The predicted octanol–water partition coefficient (Wildman–Crippen LogP) is 6.10. The molecule has 4 aromatic rings. The third-order valence-electron chi connectivity index (χ3n) is 6.43. The van der Waals surface area contributed by atoms with Gasteiger partial charge in [-0.15, -0.1) is 0 Å². The molecule has 0 saturated carbocycles. The highest BCUT2D eigenvalue weighted by atomic mass is 35.5. The minimum absolute atomic E-state index is 0.115. The quantitative estimate of drug-likeness (QED) is 0.304. The molecule has 2 aromatic carbocycles. The molecule has 1 saturated heterocycles. The van der Waals surface area contributed by atoms with E-state index in [1.54, 1.807) is 18.3 Å². The number of nitrogens with one attached hydrogen (secondary N) is 1. The van der Waals surface area contributed by atoms with Crippen LogP contribution in [0.3, 0.4) is 0 Å². The van der Waals surface area contributed by atoms with E-state index in [0.29, 0.717) is 35.5 Å². The first kappa shape index (κ1) is 25.0. The van der Waals surface area contributed by atoms with Gasteiger partial charge in [0.1, 0.15) is 17.4 Å². The summed E-state index contributed by atoms with van der Waals surface area (Å²) in [5.74, 6) is 1.71. The Kier molecular flexibility index (Phi) is 7.02. The number of aryl methyl sites for hydroxylation is 1. The van der Waals surface area contributed by atoms with Crippen molar-refractivity contribution in [1.82, 2.24) is 15.0 Å². The molecule has 0 amide bonds. The fourth-order valence-electron chi connectivity index (χ4n) is 4.57. The van der Waals surface area contributed by atoms with Gasteiger partial charge in [0.25, 0.3) is 0 Å². The van der Waals surface area contributed by atoms with Gasteiger partial charge in [0.15, 0.2) is 5.65 Å². The van der Waals surface area contributed by atoms with Gasteiger partial charge in [0.05, 0.1) is 11.6 Å². The second kappa shape index (κ2) is 10.4. The van der Waals surface area contributed by atoms with Gasteiger partial charge in [-0.05, 0) is 55.2 Å². The van der Waals surface area contributed by atoms with Crippen LogP contribution in [0.4, 0.5) is 21.8 Å². The number of benzene rings is 2. The van der Waals surface area contributed by atoms with Crippen LogP contribution < -0.4 is 20.7 Å². The van der Waals surface area contributed by atoms with Gasteiger partial charge in [-0.25, -0.2) is 14.4 Å². The fourth-order valence-corrected chi connectivity index (χ4v) is 4.84. The minimum atomic E-state index is -0.258. The smallest absolute Gasteiger partial charge is 0.222 e. The Hall–Kier alpha value is -3.65. The number of hydrogen-bond donors (Lipinski definition) is 2. The number of nitrogen functional groups attached to an aromatic ring is 1. The average Bonchev–Trinajstić information content (AvgIpc) is 3.32. The van der Waals surface area contributed by atoms with Crippen LogP contribution >= 0.6 is 11.6 Å². The van der Waals surface area contributed by atoms with Crippen molar-refractivity contribution in [1.29, 1.82) is 0 Å². The van der Waals surface area contributed by atoms with Crippen molar-refractivity contribution in [3.8, 4) is 16.9 Å². The van der Waals surface area contributed by atoms with Gasteiger partial charge in [-0.2, -0.15) is 4.98 Å². The van der Waals surface area contributed by atoms with Crippen molar-refractivity contribution in [3.63, 3.8) is 0 Å². The molecule has 0 radical (unpaired) electrons. The van der Waals surface area contributed by atoms with Crippen LogP contribution in [0.15, 0.2) is 48.7 Å². The topological polar surface area (TPSA) is 89.2 Å². The molecule has 5 rings (SSSR count). The van der Waals surface area contributed by atoms with Crippen LogP contribution in [-0.4, -0.2) is 40.7 Å². The van der Waals surface area contributed by atoms with E-state index in [-0.39, 0.29) is 17.8 Å². The van der Waals surface area contributed by atoms with E-state index in [9.17, 15) is 4.39 Å². The van der Waals surface area contributed by atoms with Crippen LogP contribution in [0.2, 0.25) is 5.02 Å². The summed E-state index contributed by atoms with van der Waals surface area (Å²) in [6.07, 6.45) is 2.53. The molecule has 1 fully saturated rings. The molecule has 1 aliphatic heterocycles. The fraction of sp³-hybridized carbons (Fsp3) is 0.321. The Morgan fingerprint density at radius 1 is 1.22 bits per heavy atom. The molecule has 0 spiro atoms. The maximum atomic E-state index is 13.9.